The van der Waals surface area contributed by atoms with E-state index >= 15 is 0 Å². The predicted molar refractivity (Wildman–Crippen MR) is 85.0 cm³/mol. The van der Waals surface area contributed by atoms with E-state index in [9.17, 15) is 9.90 Å². The highest BCUT2D eigenvalue weighted by molar-refractivity contribution is 7.12. The van der Waals surface area contributed by atoms with Gasteiger partial charge in [-0.3, -0.25) is 4.79 Å². The highest BCUT2D eigenvalue weighted by Gasteiger charge is 2.06. The summed E-state index contributed by atoms with van der Waals surface area (Å²) in [6.07, 6.45) is 1.46. The summed E-state index contributed by atoms with van der Waals surface area (Å²) in [6, 6.07) is 14.7. The molecule has 0 spiro atoms. The third kappa shape index (κ3) is 2.78. The van der Waals surface area contributed by atoms with Gasteiger partial charge in [0.25, 0.3) is 5.91 Å². The fourth-order valence-electron chi connectivity index (χ4n) is 2.04. The number of hydrogen-bond acceptors (Lipinski definition) is 4. The number of rotatable bonds is 3. The second-order valence-corrected chi connectivity index (χ2v) is 5.34. The van der Waals surface area contributed by atoms with Gasteiger partial charge in [-0.05, 0) is 28.3 Å². The Morgan fingerprint density at radius 1 is 1.14 bits per heavy atom. The first-order valence-corrected chi connectivity index (χ1v) is 7.21. The third-order valence-electron chi connectivity index (χ3n) is 3.05. The summed E-state index contributed by atoms with van der Waals surface area (Å²) >= 11 is 1.35. The minimum absolute atomic E-state index is 0.128. The number of aromatic hydroxyl groups is 1. The first-order valence-electron chi connectivity index (χ1n) is 6.33. The van der Waals surface area contributed by atoms with Crippen LogP contribution in [-0.2, 0) is 0 Å². The van der Waals surface area contributed by atoms with Crippen LogP contribution in [0.4, 0.5) is 0 Å². The number of thiophene rings is 1. The van der Waals surface area contributed by atoms with E-state index in [2.05, 4.69) is 10.5 Å². The fraction of sp³-hybridized carbons (Fsp3) is 0. The number of nitrogens with zero attached hydrogens (tertiary/aromatic N) is 1. The normalized spacial score (nSPS) is 11.0. The number of nitrogens with one attached hydrogen (secondary N) is 1. The van der Waals surface area contributed by atoms with Crippen LogP contribution < -0.4 is 5.43 Å². The summed E-state index contributed by atoms with van der Waals surface area (Å²) in [6.45, 7) is 0. The fourth-order valence-corrected chi connectivity index (χ4v) is 2.65. The SMILES string of the molecule is O=C(N/N=C/c1c(O)ccc2ccccc12)c1cccs1. The van der Waals surface area contributed by atoms with Crippen molar-refractivity contribution in [2.24, 2.45) is 5.10 Å². The van der Waals surface area contributed by atoms with Crippen LogP contribution in [0.15, 0.2) is 59.0 Å². The van der Waals surface area contributed by atoms with Crippen molar-refractivity contribution < 1.29 is 9.90 Å². The van der Waals surface area contributed by atoms with Gasteiger partial charge in [-0.15, -0.1) is 11.3 Å². The van der Waals surface area contributed by atoms with Crippen molar-refractivity contribution in [1.29, 1.82) is 0 Å². The van der Waals surface area contributed by atoms with Crippen molar-refractivity contribution in [2.75, 3.05) is 0 Å². The number of benzene rings is 2. The smallest absolute Gasteiger partial charge is 0.281 e. The van der Waals surface area contributed by atoms with Gasteiger partial charge in [-0.25, -0.2) is 5.43 Å². The molecule has 0 fully saturated rings. The van der Waals surface area contributed by atoms with E-state index in [1.165, 1.54) is 17.6 Å². The van der Waals surface area contributed by atoms with Gasteiger partial charge < -0.3 is 5.11 Å². The van der Waals surface area contributed by atoms with Crippen molar-refractivity contribution in [3.63, 3.8) is 0 Å². The van der Waals surface area contributed by atoms with Gasteiger partial charge in [0.1, 0.15) is 5.75 Å². The molecule has 0 saturated carbocycles. The molecule has 5 heteroatoms. The quantitative estimate of drug-likeness (QED) is 0.575. The molecule has 104 valence electrons. The molecule has 2 N–H and O–H groups in total. The van der Waals surface area contributed by atoms with E-state index in [-0.39, 0.29) is 11.7 Å². The lowest BCUT2D eigenvalue weighted by atomic mass is 10.0. The lowest BCUT2D eigenvalue weighted by molar-refractivity contribution is 0.0959. The van der Waals surface area contributed by atoms with Crippen molar-refractivity contribution in [2.45, 2.75) is 0 Å². The molecule has 0 saturated heterocycles. The van der Waals surface area contributed by atoms with Crippen LogP contribution in [-0.4, -0.2) is 17.2 Å². The van der Waals surface area contributed by atoms with E-state index in [0.717, 1.165) is 10.8 Å². The maximum Gasteiger partial charge on any atom is 0.281 e. The summed E-state index contributed by atoms with van der Waals surface area (Å²) in [5.41, 5.74) is 3.04. The largest absolute Gasteiger partial charge is 0.507 e. The highest BCUT2D eigenvalue weighted by Crippen LogP contribution is 2.25. The number of phenols is 1. The van der Waals surface area contributed by atoms with Gasteiger partial charge in [-0.1, -0.05) is 36.4 Å². The van der Waals surface area contributed by atoms with Gasteiger partial charge in [0.05, 0.1) is 11.1 Å². The Balaban J connectivity index is 1.86. The zero-order valence-electron chi connectivity index (χ0n) is 11.0. The minimum atomic E-state index is -0.263. The standard InChI is InChI=1S/C16H12N2O2S/c19-14-8-7-11-4-1-2-5-12(11)13(14)10-17-18-16(20)15-6-3-9-21-15/h1-10,19H,(H,18,20)/b17-10+. The number of phenolic OH excluding ortho intramolecular Hbond substituents is 1. The van der Waals surface area contributed by atoms with Crippen LogP contribution in [0.2, 0.25) is 0 Å². The number of hydrogen-bond donors (Lipinski definition) is 2. The number of carbonyl (C=O) groups excluding carboxylic acids is 1. The van der Waals surface area contributed by atoms with Crippen LogP contribution >= 0.6 is 11.3 Å². The molecule has 1 aromatic heterocycles. The lowest BCUT2D eigenvalue weighted by Gasteiger charge is -2.04. The van der Waals surface area contributed by atoms with Gasteiger partial charge in [0.2, 0.25) is 0 Å². The van der Waals surface area contributed by atoms with Crippen molar-refractivity contribution in [1.82, 2.24) is 5.43 Å². The van der Waals surface area contributed by atoms with Crippen LogP contribution in [0.25, 0.3) is 10.8 Å². The molecule has 1 heterocycles. The highest BCUT2D eigenvalue weighted by atomic mass is 32.1. The van der Waals surface area contributed by atoms with Crippen LogP contribution in [0.5, 0.6) is 5.75 Å². The Bertz CT molecular complexity index is 810. The Morgan fingerprint density at radius 3 is 2.81 bits per heavy atom. The molecule has 0 unspecified atom stereocenters. The molecular formula is C16H12N2O2S. The summed E-state index contributed by atoms with van der Waals surface area (Å²) < 4.78 is 0. The first kappa shape index (κ1) is 13.3. The van der Waals surface area contributed by atoms with Crippen LogP contribution in [0.1, 0.15) is 15.2 Å². The third-order valence-corrected chi connectivity index (χ3v) is 3.92. The molecular weight excluding hydrogens is 284 g/mol. The molecule has 0 aliphatic heterocycles. The Morgan fingerprint density at radius 2 is 2.00 bits per heavy atom. The summed E-state index contributed by atoms with van der Waals surface area (Å²) in [5, 5.41) is 17.6. The van der Waals surface area contributed by atoms with E-state index < -0.39 is 0 Å². The molecule has 4 nitrogen and oxygen atoms in total. The molecule has 0 atom stereocenters. The Kier molecular flexibility index (Phi) is 3.66. The minimum Gasteiger partial charge on any atom is -0.507 e. The second kappa shape index (κ2) is 5.76. The van der Waals surface area contributed by atoms with Gasteiger partial charge in [0.15, 0.2) is 0 Å². The molecule has 0 radical (unpaired) electrons. The maximum atomic E-state index is 11.8. The van der Waals surface area contributed by atoms with Gasteiger partial charge in [0, 0.05) is 5.56 Å². The zero-order valence-corrected chi connectivity index (χ0v) is 11.8. The number of fused-ring (bicyclic) bond motifs is 1. The van der Waals surface area contributed by atoms with E-state index in [1.54, 1.807) is 18.2 Å². The van der Waals surface area contributed by atoms with Crippen molar-refractivity contribution in [3.8, 4) is 5.75 Å². The molecule has 2 aromatic carbocycles. The topological polar surface area (TPSA) is 61.7 Å². The van der Waals surface area contributed by atoms with Gasteiger partial charge >= 0.3 is 0 Å². The second-order valence-electron chi connectivity index (χ2n) is 4.40. The molecule has 0 aliphatic rings. The van der Waals surface area contributed by atoms with E-state index in [4.69, 9.17) is 0 Å². The van der Waals surface area contributed by atoms with Crippen molar-refractivity contribution in [3.05, 3.63) is 64.4 Å². The predicted octanol–water partition coefficient (Wildman–Crippen LogP) is 3.37. The molecule has 0 aliphatic carbocycles. The number of amides is 1. The molecule has 3 rings (SSSR count). The molecule has 3 aromatic rings. The summed E-state index contributed by atoms with van der Waals surface area (Å²) in [7, 11) is 0. The zero-order chi connectivity index (χ0) is 14.7. The molecule has 0 bridgehead atoms. The lowest BCUT2D eigenvalue weighted by Crippen LogP contribution is -2.16. The first-order chi connectivity index (χ1) is 10.3. The summed E-state index contributed by atoms with van der Waals surface area (Å²) in [5.74, 6) is -0.135. The maximum absolute atomic E-state index is 11.8. The average Bonchev–Trinajstić information content (AvgIpc) is 3.04. The van der Waals surface area contributed by atoms with Crippen molar-refractivity contribution >= 4 is 34.2 Å². The summed E-state index contributed by atoms with van der Waals surface area (Å²) in [4.78, 5) is 12.4. The van der Waals surface area contributed by atoms with E-state index in [0.29, 0.717) is 10.4 Å². The monoisotopic (exact) mass is 296 g/mol. The van der Waals surface area contributed by atoms with Crippen LogP contribution in [0.3, 0.4) is 0 Å². The van der Waals surface area contributed by atoms with Gasteiger partial charge in [-0.2, -0.15) is 5.10 Å². The van der Waals surface area contributed by atoms with Crippen LogP contribution in [0, 0.1) is 0 Å². The number of carbonyl (C=O) groups is 1. The average molecular weight is 296 g/mol. The Labute approximate surface area is 125 Å². The van der Waals surface area contributed by atoms with E-state index in [1.807, 2.05) is 35.7 Å². The Hall–Kier alpha value is -2.66. The molecule has 1 amide bonds. The number of hydrazone groups is 1. The molecule has 21 heavy (non-hydrogen) atoms.